The Morgan fingerprint density at radius 2 is 2.00 bits per heavy atom. The van der Waals surface area contributed by atoms with Crippen molar-refractivity contribution < 1.29 is 5.11 Å². The Kier molecular flexibility index (Phi) is 3.76. The minimum absolute atomic E-state index is 0.0567. The molecule has 108 valence electrons. The third kappa shape index (κ3) is 2.57. The average molecular weight is 301 g/mol. The predicted octanol–water partition coefficient (Wildman–Crippen LogP) is 1.95. The van der Waals surface area contributed by atoms with Crippen LogP contribution in [0.15, 0.2) is 46.8 Å². The molecule has 0 radical (unpaired) electrons. The lowest BCUT2D eigenvalue weighted by Gasteiger charge is -2.07. The summed E-state index contributed by atoms with van der Waals surface area (Å²) in [4.78, 5) is 0. The minimum Gasteiger partial charge on any atom is -0.392 e. The number of para-hydroxylation sites is 1. The van der Waals surface area contributed by atoms with E-state index in [1.807, 2.05) is 53.6 Å². The third-order valence-electron chi connectivity index (χ3n) is 3.15. The van der Waals surface area contributed by atoms with Crippen LogP contribution in [0.5, 0.6) is 0 Å². The smallest absolute Gasteiger partial charge is 0.197 e. The van der Waals surface area contributed by atoms with Gasteiger partial charge in [0, 0.05) is 12.6 Å². The number of hydrogen-bond donors (Lipinski definition) is 1. The summed E-state index contributed by atoms with van der Waals surface area (Å²) in [5.41, 5.74) is 2.57. The fraction of sp³-hybridized carbons (Fsp3) is 0.214. The van der Waals surface area contributed by atoms with Crippen molar-refractivity contribution in [2.24, 2.45) is 7.05 Å². The van der Waals surface area contributed by atoms with Crippen molar-refractivity contribution in [3.05, 3.63) is 47.9 Å². The number of aryl methyl sites for hydroxylation is 2. The highest BCUT2D eigenvalue weighted by Gasteiger charge is 2.18. The van der Waals surface area contributed by atoms with E-state index in [9.17, 15) is 5.11 Å². The first kappa shape index (κ1) is 13.8. The predicted molar refractivity (Wildman–Crippen MR) is 79.3 cm³/mol. The van der Waals surface area contributed by atoms with E-state index in [-0.39, 0.29) is 6.61 Å². The molecule has 0 saturated carbocycles. The zero-order valence-corrected chi connectivity index (χ0v) is 12.6. The molecule has 0 unspecified atom stereocenters. The van der Waals surface area contributed by atoms with Crippen molar-refractivity contribution in [2.45, 2.75) is 23.7 Å². The van der Waals surface area contributed by atoms with Gasteiger partial charge in [0.15, 0.2) is 5.16 Å². The van der Waals surface area contributed by atoms with Gasteiger partial charge in [-0.1, -0.05) is 18.2 Å². The Labute approximate surface area is 126 Å². The van der Waals surface area contributed by atoms with Crippen LogP contribution in [0, 0.1) is 6.92 Å². The molecule has 0 amide bonds. The summed E-state index contributed by atoms with van der Waals surface area (Å²) < 4.78 is 3.67. The van der Waals surface area contributed by atoms with Crippen molar-refractivity contribution in [1.29, 1.82) is 0 Å². The molecule has 0 atom stereocenters. The number of benzene rings is 1. The van der Waals surface area contributed by atoms with Crippen molar-refractivity contribution in [3.63, 3.8) is 0 Å². The maximum atomic E-state index is 9.65. The lowest BCUT2D eigenvalue weighted by atomic mass is 10.3. The lowest BCUT2D eigenvalue weighted by Crippen LogP contribution is -2.00. The molecule has 0 aliphatic heterocycles. The van der Waals surface area contributed by atoms with E-state index in [0.717, 1.165) is 27.1 Å². The average Bonchev–Trinajstić information content (AvgIpc) is 3.04. The molecule has 7 heteroatoms. The van der Waals surface area contributed by atoms with Crippen LogP contribution in [-0.2, 0) is 13.7 Å². The zero-order valence-electron chi connectivity index (χ0n) is 11.8. The number of rotatable bonds is 4. The molecular weight excluding hydrogens is 286 g/mol. The van der Waals surface area contributed by atoms with Gasteiger partial charge in [-0.05, 0) is 30.8 Å². The van der Waals surface area contributed by atoms with E-state index in [1.54, 1.807) is 6.33 Å². The minimum atomic E-state index is -0.0567. The molecule has 0 spiro atoms. The van der Waals surface area contributed by atoms with Gasteiger partial charge in [0.1, 0.15) is 11.4 Å². The highest BCUT2D eigenvalue weighted by atomic mass is 32.2. The SMILES string of the molecule is Cc1nn(-c2ccccc2)c(Sc2nncn2C)c1CO. The number of aromatic nitrogens is 5. The fourth-order valence-electron chi connectivity index (χ4n) is 2.02. The van der Waals surface area contributed by atoms with E-state index in [2.05, 4.69) is 15.3 Å². The van der Waals surface area contributed by atoms with Gasteiger partial charge in [-0.2, -0.15) is 5.10 Å². The van der Waals surface area contributed by atoms with E-state index in [4.69, 9.17) is 0 Å². The number of nitrogens with zero attached hydrogens (tertiary/aromatic N) is 5. The number of aliphatic hydroxyl groups excluding tert-OH is 1. The van der Waals surface area contributed by atoms with Crippen molar-refractivity contribution in [2.75, 3.05) is 0 Å². The van der Waals surface area contributed by atoms with Gasteiger partial charge < -0.3 is 9.67 Å². The summed E-state index contributed by atoms with van der Waals surface area (Å²) >= 11 is 1.44. The monoisotopic (exact) mass is 301 g/mol. The molecule has 3 rings (SSSR count). The molecule has 21 heavy (non-hydrogen) atoms. The first-order valence-electron chi connectivity index (χ1n) is 6.47. The summed E-state index contributed by atoms with van der Waals surface area (Å²) in [5.74, 6) is 0. The van der Waals surface area contributed by atoms with Gasteiger partial charge in [-0.15, -0.1) is 10.2 Å². The van der Waals surface area contributed by atoms with E-state index >= 15 is 0 Å². The number of aliphatic hydroxyl groups is 1. The standard InChI is InChI=1S/C14H15N5OS/c1-10-12(8-20)13(21-14-16-15-9-18(14)2)19(17-10)11-6-4-3-5-7-11/h3-7,9,20H,8H2,1-2H3. The van der Waals surface area contributed by atoms with Crippen LogP contribution < -0.4 is 0 Å². The summed E-state index contributed by atoms with van der Waals surface area (Å²) in [6.45, 7) is 1.84. The van der Waals surface area contributed by atoms with Crippen molar-refractivity contribution in [1.82, 2.24) is 24.5 Å². The van der Waals surface area contributed by atoms with Gasteiger partial charge in [0.25, 0.3) is 0 Å². The van der Waals surface area contributed by atoms with Gasteiger partial charge in [0.05, 0.1) is 18.0 Å². The van der Waals surface area contributed by atoms with E-state index < -0.39 is 0 Å². The Hall–Kier alpha value is -2.12. The quantitative estimate of drug-likeness (QED) is 0.797. The lowest BCUT2D eigenvalue weighted by molar-refractivity contribution is 0.278. The van der Waals surface area contributed by atoms with Crippen LogP contribution in [-0.4, -0.2) is 29.7 Å². The van der Waals surface area contributed by atoms with Gasteiger partial charge >= 0.3 is 0 Å². The largest absolute Gasteiger partial charge is 0.392 e. The maximum absolute atomic E-state index is 9.65. The number of hydrogen-bond acceptors (Lipinski definition) is 5. The second kappa shape index (κ2) is 5.71. The Bertz CT molecular complexity index is 750. The molecule has 6 nitrogen and oxygen atoms in total. The molecular formula is C14H15N5OS. The Balaban J connectivity index is 2.11. The highest BCUT2D eigenvalue weighted by Crippen LogP contribution is 2.32. The molecule has 0 aliphatic carbocycles. The van der Waals surface area contributed by atoms with Crippen molar-refractivity contribution in [3.8, 4) is 5.69 Å². The Morgan fingerprint density at radius 3 is 2.62 bits per heavy atom. The highest BCUT2D eigenvalue weighted by molar-refractivity contribution is 7.99. The zero-order chi connectivity index (χ0) is 14.8. The van der Waals surface area contributed by atoms with Crippen molar-refractivity contribution >= 4 is 11.8 Å². The van der Waals surface area contributed by atoms with Crippen LogP contribution in [0.3, 0.4) is 0 Å². The molecule has 0 fully saturated rings. The van der Waals surface area contributed by atoms with E-state index in [1.165, 1.54) is 11.8 Å². The van der Waals surface area contributed by atoms with Crippen LogP contribution >= 0.6 is 11.8 Å². The van der Waals surface area contributed by atoms with Crippen LogP contribution in [0.2, 0.25) is 0 Å². The van der Waals surface area contributed by atoms with Gasteiger partial charge in [-0.25, -0.2) is 4.68 Å². The molecule has 2 aromatic heterocycles. The second-order valence-electron chi connectivity index (χ2n) is 4.60. The topological polar surface area (TPSA) is 68.8 Å². The molecule has 2 heterocycles. The van der Waals surface area contributed by atoms with Crippen LogP contribution in [0.25, 0.3) is 5.69 Å². The first-order chi connectivity index (χ1) is 10.2. The third-order valence-corrected chi connectivity index (χ3v) is 4.32. The Morgan fingerprint density at radius 1 is 1.24 bits per heavy atom. The fourth-order valence-corrected chi connectivity index (χ4v) is 3.04. The summed E-state index contributed by atoms with van der Waals surface area (Å²) in [5, 5.41) is 23.8. The molecule has 1 N–H and O–H groups in total. The molecule has 3 aromatic rings. The summed E-state index contributed by atoms with van der Waals surface area (Å²) in [7, 11) is 1.89. The second-order valence-corrected chi connectivity index (χ2v) is 5.56. The van der Waals surface area contributed by atoms with Gasteiger partial charge in [-0.3, -0.25) is 0 Å². The summed E-state index contributed by atoms with van der Waals surface area (Å²) in [6.07, 6.45) is 1.65. The van der Waals surface area contributed by atoms with E-state index in [0.29, 0.717) is 0 Å². The molecule has 0 bridgehead atoms. The molecule has 0 aliphatic rings. The summed E-state index contributed by atoms with van der Waals surface area (Å²) in [6, 6.07) is 9.84. The van der Waals surface area contributed by atoms with Crippen LogP contribution in [0.1, 0.15) is 11.3 Å². The maximum Gasteiger partial charge on any atom is 0.197 e. The molecule has 1 aromatic carbocycles. The normalized spacial score (nSPS) is 11.0. The first-order valence-corrected chi connectivity index (χ1v) is 7.29. The molecule has 0 saturated heterocycles. The van der Waals surface area contributed by atoms with Gasteiger partial charge in [0.2, 0.25) is 0 Å². The van der Waals surface area contributed by atoms with Crippen LogP contribution in [0.4, 0.5) is 0 Å².